The van der Waals surface area contributed by atoms with Crippen molar-refractivity contribution in [2.45, 2.75) is 33.0 Å². The minimum atomic E-state index is -0.877. The van der Waals surface area contributed by atoms with Crippen LogP contribution in [0, 0.1) is 5.82 Å². The van der Waals surface area contributed by atoms with Gasteiger partial charge < -0.3 is 9.67 Å². The van der Waals surface area contributed by atoms with Gasteiger partial charge in [0.15, 0.2) is 0 Å². The lowest BCUT2D eigenvalue weighted by molar-refractivity contribution is -0.142. The van der Waals surface area contributed by atoms with Gasteiger partial charge in [-0.1, -0.05) is 0 Å². The highest BCUT2D eigenvalue weighted by molar-refractivity contribution is 5.76. The van der Waals surface area contributed by atoms with E-state index in [1.807, 2.05) is 11.5 Å². The zero-order valence-electron chi connectivity index (χ0n) is 11.8. The van der Waals surface area contributed by atoms with Crippen molar-refractivity contribution < 1.29 is 14.3 Å². The fraction of sp³-hybridized carbons (Fsp3) is 0.429. The van der Waals surface area contributed by atoms with Crippen molar-refractivity contribution in [2.24, 2.45) is 0 Å². The molecule has 108 valence electrons. The molecule has 5 nitrogen and oxygen atoms in total. The van der Waals surface area contributed by atoms with Crippen LogP contribution in [-0.2, 0) is 17.9 Å². The van der Waals surface area contributed by atoms with Crippen LogP contribution in [0.15, 0.2) is 18.2 Å². The Balaban J connectivity index is 2.36. The first kappa shape index (κ1) is 14.5. The van der Waals surface area contributed by atoms with Gasteiger partial charge in [0, 0.05) is 12.6 Å². The minimum Gasteiger partial charge on any atom is -0.480 e. The molecule has 0 bridgehead atoms. The molecule has 0 amide bonds. The number of hydrogen-bond donors (Lipinski definition) is 1. The van der Waals surface area contributed by atoms with E-state index in [0.717, 1.165) is 11.3 Å². The molecular weight excluding hydrogens is 261 g/mol. The number of carboxylic acid groups (broad SMARTS) is 1. The van der Waals surface area contributed by atoms with Crippen molar-refractivity contribution in [1.29, 1.82) is 0 Å². The molecule has 0 aliphatic carbocycles. The second kappa shape index (κ2) is 5.58. The van der Waals surface area contributed by atoms with E-state index >= 15 is 0 Å². The SMILES string of the molecule is CCn1c(CN(C)C(C)C(=O)O)nc2cc(F)ccc21. The number of halogens is 1. The van der Waals surface area contributed by atoms with Crippen molar-refractivity contribution in [1.82, 2.24) is 14.5 Å². The maximum atomic E-state index is 13.2. The number of carbonyl (C=O) groups is 1. The molecule has 0 saturated heterocycles. The van der Waals surface area contributed by atoms with E-state index < -0.39 is 12.0 Å². The summed E-state index contributed by atoms with van der Waals surface area (Å²) >= 11 is 0. The van der Waals surface area contributed by atoms with E-state index in [2.05, 4.69) is 4.98 Å². The standard InChI is InChI=1S/C14H18FN3O2/c1-4-18-12-6-5-10(15)7-11(12)16-13(18)8-17(3)9(2)14(19)20/h5-7,9H,4,8H2,1-3H3,(H,19,20). The van der Waals surface area contributed by atoms with E-state index in [4.69, 9.17) is 5.11 Å². The monoisotopic (exact) mass is 279 g/mol. The Bertz CT molecular complexity index is 639. The maximum Gasteiger partial charge on any atom is 0.320 e. The zero-order valence-corrected chi connectivity index (χ0v) is 11.8. The summed E-state index contributed by atoms with van der Waals surface area (Å²) in [5.41, 5.74) is 1.46. The Morgan fingerprint density at radius 2 is 2.25 bits per heavy atom. The third-order valence-corrected chi connectivity index (χ3v) is 3.51. The Morgan fingerprint density at radius 1 is 1.55 bits per heavy atom. The molecule has 1 unspecified atom stereocenters. The number of benzene rings is 1. The third-order valence-electron chi connectivity index (χ3n) is 3.51. The molecule has 2 aromatic rings. The smallest absolute Gasteiger partial charge is 0.320 e. The number of aliphatic carboxylic acids is 1. The summed E-state index contributed by atoms with van der Waals surface area (Å²) in [4.78, 5) is 17.1. The highest BCUT2D eigenvalue weighted by atomic mass is 19.1. The normalized spacial score (nSPS) is 13.1. The summed E-state index contributed by atoms with van der Waals surface area (Å²) in [7, 11) is 1.73. The van der Waals surface area contributed by atoms with E-state index in [0.29, 0.717) is 18.6 Å². The number of carboxylic acids is 1. The maximum absolute atomic E-state index is 13.2. The number of aryl methyl sites for hydroxylation is 1. The van der Waals surface area contributed by atoms with Gasteiger partial charge in [0.05, 0.1) is 17.6 Å². The molecule has 6 heteroatoms. The van der Waals surface area contributed by atoms with Gasteiger partial charge in [-0.25, -0.2) is 9.37 Å². The van der Waals surface area contributed by atoms with Crippen LogP contribution in [0.2, 0.25) is 0 Å². The first-order valence-electron chi connectivity index (χ1n) is 6.51. The van der Waals surface area contributed by atoms with Crippen LogP contribution in [-0.4, -0.2) is 38.6 Å². The van der Waals surface area contributed by atoms with E-state index in [9.17, 15) is 9.18 Å². The predicted octanol–water partition coefficient (Wildman–Crippen LogP) is 2.10. The van der Waals surface area contributed by atoms with Gasteiger partial charge in [0.1, 0.15) is 17.7 Å². The van der Waals surface area contributed by atoms with Gasteiger partial charge in [0.2, 0.25) is 0 Å². The second-order valence-electron chi connectivity index (χ2n) is 4.83. The fourth-order valence-corrected chi connectivity index (χ4v) is 2.17. The van der Waals surface area contributed by atoms with Crippen LogP contribution in [0.4, 0.5) is 4.39 Å². The third kappa shape index (κ3) is 2.65. The number of rotatable bonds is 5. The van der Waals surface area contributed by atoms with Gasteiger partial charge in [-0.15, -0.1) is 0 Å². The molecule has 1 aromatic carbocycles. The largest absolute Gasteiger partial charge is 0.480 e. The highest BCUT2D eigenvalue weighted by Gasteiger charge is 2.19. The Labute approximate surface area is 116 Å². The van der Waals surface area contributed by atoms with Crippen LogP contribution in [0.25, 0.3) is 11.0 Å². The molecule has 20 heavy (non-hydrogen) atoms. The van der Waals surface area contributed by atoms with Crippen LogP contribution in [0.1, 0.15) is 19.7 Å². The van der Waals surface area contributed by atoms with Crippen LogP contribution >= 0.6 is 0 Å². The highest BCUT2D eigenvalue weighted by Crippen LogP contribution is 2.19. The van der Waals surface area contributed by atoms with Gasteiger partial charge in [0.25, 0.3) is 0 Å². The number of nitrogens with zero attached hydrogens (tertiary/aromatic N) is 3. The lowest BCUT2D eigenvalue weighted by Gasteiger charge is -2.20. The Kier molecular flexibility index (Phi) is 4.04. The Morgan fingerprint density at radius 3 is 2.85 bits per heavy atom. The molecule has 0 saturated carbocycles. The van der Waals surface area contributed by atoms with Crippen molar-refractivity contribution in [3.8, 4) is 0 Å². The molecule has 0 aliphatic heterocycles. The number of aromatic nitrogens is 2. The van der Waals surface area contributed by atoms with Gasteiger partial charge in [-0.3, -0.25) is 9.69 Å². The van der Waals surface area contributed by atoms with Crippen molar-refractivity contribution in [2.75, 3.05) is 7.05 Å². The lowest BCUT2D eigenvalue weighted by Crippen LogP contribution is -2.36. The first-order valence-corrected chi connectivity index (χ1v) is 6.51. The number of imidazole rings is 1. The van der Waals surface area contributed by atoms with Gasteiger partial charge in [-0.05, 0) is 33.0 Å². The van der Waals surface area contributed by atoms with Crippen LogP contribution < -0.4 is 0 Å². The number of likely N-dealkylation sites (N-methyl/N-ethyl adjacent to an activating group) is 1. The van der Waals surface area contributed by atoms with E-state index in [1.54, 1.807) is 24.9 Å². The molecule has 0 spiro atoms. The first-order chi connectivity index (χ1) is 9.43. The van der Waals surface area contributed by atoms with Gasteiger partial charge >= 0.3 is 5.97 Å². The molecule has 1 aromatic heterocycles. The van der Waals surface area contributed by atoms with Crippen molar-refractivity contribution in [3.05, 3.63) is 29.8 Å². The number of fused-ring (bicyclic) bond motifs is 1. The second-order valence-corrected chi connectivity index (χ2v) is 4.83. The van der Waals surface area contributed by atoms with Crippen LogP contribution in [0.3, 0.4) is 0 Å². The summed E-state index contributed by atoms with van der Waals surface area (Å²) in [6, 6.07) is 3.90. The minimum absolute atomic E-state index is 0.322. The average molecular weight is 279 g/mol. The summed E-state index contributed by atoms with van der Waals surface area (Å²) in [6.07, 6.45) is 0. The molecule has 0 aliphatic rings. The van der Waals surface area contributed by atoms with E-state index in [-0.39, 0.29) is 5.82 Å². The summed E-state index contributed by atoms with van der Waals surface area (Å²) in [5, 5.41) is 9.01. The molecule has 0 radical (unpaired) electrons. The van der Waals surface area contributed by atoms with Crippen molar-refractivity contribution >= 4 is 17.0 Å². The lowest BCUT2D eigenvalue weighted by atomic mass is 10.3. The summed E-state index contributed by atoms with van der Waals surface area (Å²) in [6.45, 7) is 4.71. The predicted molar refractivity (Wildman–Crippen MR) is 73.9 cm³/mol. The van der Waals surface area contributed by atoms with Crippen molar-refractivity contribution in [3.63, 3.8) is 0 Å². The molecule has 0 fully saturated rings. The number of hydrogen-bond acceptors (Lipinski definition) is 3. The average Bonchev–Trinajstić information content (AvgIpc) is 2.73. The molecular formula is C14H18FN3O2. The molecule has 1 N–H and O–H groups in total. The molecule has 1 heterocycles. The summed E-state index contributed by atoms with van der Waals surface area (Å²) < 4.78 is 15.2. The topological polar surface area (TPSA) is 58.4 Å². The quantitative estimate of drug-likeness (QED) is 0.910. The Hall–Kier alpha value is -1.95. The van der Waals surface area contributed by atoms with Gasteiger partial charge in [-0.2, -0.15) is 0 Å². The summed E-state index contributed by atoms with van der Waals surface area (Å²) in [5.74, 6) is -0.460. The zero-order chi connectivity index (χ0) is 14.9. The van der Waals surface area contributed by atoms with Crippen LogP contribution in [0.5, 0.6) is 0 Å². The molecule has 2 rings (SSSR count). The molecule has 1 atom stereocenters. The van der Waals surface area contributed by atoms with E-state index in [1.165, 1.54) is 12.1 Å². The fourth-order valence-electron chi connectivity index (χ4n) is 2.17.